The molecule has 1 aliphatic rings. The first-order valence-corrected chi connectivity index (χ1v) is 7.44. The number of hydrogen-bond donors (Lipinski definition) is 1. The molecule has 112 valence electrons. The normalized spacial score (nSPS) is 17.6. The number of halogens is 1. The van der Waals surface area contributed by atoms with E-state index >= 15 is 0 Å². The summed E-state index contributed by atoms with van der Waals surface area (Å²) in [5.41, 5.74) is 1.27. The fraction of sp³-hybridized carbons (Fsp3) is 0.176. The minimum absolute atomic E-state index is 0.00987. The predicted molar refractivity (Wildman–Crippen MR) is 86.1 cm³/mol. The van der Waals surface area contributed by atoms with Gasteiger partial charge in [-0.2, -0.15) is 0 Å². The zero-order chi connectivity index (χ0) is 15.5. The molecule has 0 spiro atoms. The third kappa shape index (κ3) is 2.97. The minimum atomic E-state index is -0.252. The lowest BCUT2D eigenvalue weighted by molar-refractivity contribution is -0.117. The summed E-state index contributed by atoms with van der Waals surface area (Å²) in [5, 5.41) is 3.29. The molecule has 1 fully saturated rings. The van der Waals surface area contributed by atoms with Gasteiger partial charge < -0.3 is 10.2 Å². The first kappa shape index (κ1) is 14.6. The summed E-state index contributed by atoms with van der Waals surface area (Å²) < 4.78 is 0. The Labute approximate surface area is 133 Å². The van der Waals surface area contributed by atoms with Gasteiger partial charge in [-0.15, -0.1) is 0 Å². The van der Waals surface area contributed by atoms with Crippen molar-refractivity contribution in [2.75, 3.05) is 11.4 Å². The molecule has 0 saturated carbocycles. The summed E-state index contributed by atoms with van der Waals surface area (Å²) in [7, 11) is 0. The van der Waals surface area contributed by atoms with Gasteiger partial charge in [-0.05, 0) is 24.3 Å². The Kier molecular flexibility index (Phi) is 4.11. The lowest BCUT2D eigenvalue weighted by Gasteiger charge is -2.17. The summed E-state index contributed by atoms with van der Waals surface area (Å²) in [5.74, 6) is -0.242. The quantitative estimate of drug-likeness (QED) is 0.947. The van der Waals surface area contributed by atoms with Gasteiger partial charge in [-0.3, -0.25) is 9.59 Å². The Morgan fingerprint density at radius 2 is 1.77 bits per heavy atom. The van der Waals surface area contributed by atoms with Crippen LogP contribution in [0.25, 0.3) is 0 Å². The average Bonchev–Trinajstić information content (AvgIpc) is 2.89. The molecule has 3 rings (SSSR count). The van der Waals surface area contributed by atoms with Gasteiger partial charge >= 0.3 is 0 Å². The molecule has 1 heterocycles. The minimum Gasteiger partial charge on any atom is -0.347 e. The Hall–Kier alpha value is -2.33. The number of benzene rings is 2. The Morgan fingerprint density at radius 3 is 2.50 bits per heavy atom. The highest BCUT2D eigenvalue weighted by molar-refractivity contribution is 6.33. The van der Waals surface area contributed by atoms with Crippen molar-refractivity contribution in [3.05, 3.63) is 65.2 Å². The highest BCUT2D eigenvalue weighted by atomic mass is 35.5. The maximum absolute atomic E-state index is 12.2. The third-order valence-corrected chi connectivity index (χ3v) is 3.98. The third-order valence-electron chi connectivity index (χ3n) is 3.65. The first-order chi connectivity index (χ1) is 10.6. The van der Waals surface area contributed by atoms with Crippen molar-refractivity contribution < 1.29 is 9.59 Å². The standard InChI is InChI=1S/C17H15ClN2O2/c18-15-9-5-4-8-14(15)17(22)19-12-10-16(21)20(11-12)13-6-2-1-3-7-13/h1-9,12H,10-11H2,(H,19,22). The molecule has 2 amide bonds. The molecule has 4 nitrogen and oxygen atoms in total. The largest absolute Gasteiger partial charge is 0.347 e. The number of nitrogens with one attached hydrogen (secondary N) is 1. The summed E-state index contributed by atoms with van der Waals surface area (Å²) in [6.45, 7) is 0.471. The van der Waals surface area contributed by atoms with E-state index in [1.54, 1.807) is 29.2 Å². The zero-order valence-corrected chi connectivity index (χ0v) is 12.6. The average molecular weight is 315 g/mol. The lowest BCUT2D eigenvalue weighted by atomic mass is 10.2. The van der Waals surface area contributed by atoms with Crippen LogP contribution in [0, 0.1) is 0 Å². The number of rotatable bonds is 3. The second kappa shape index (κ2) is 6.20. The van der Waals surface area contributed by atoms with Crippen LogP contribution in [0.5, 0.6) is 0 Å². The maximum atomic E-state index is 12.2. The number of carbonyl (C=O) groups excluding carboxylic acids is 2. The van der Waals surface area contributed by atoms with Crippen molar-refractivity contribution in [3.8, 4) is 0 Å². The van der Waals surface area contributed by atoms with E-state index in [1.807, 2.05) is 30.3 Å². The monoisotopic (exact) mass is 314 g/mol. The summed E-state index contributed by atoms with van der Waals surface area (Å²) >= 11 is 6.02. The van der Waals surface area contributed by atoms with Crippen LogP contribution in [-0.4, -0.2) is 24.4 Å². The Morgan fingerprint density at radius 1 is 1.09 bits per heavy atom. The molecule has 2 aromatic rings. The van der Waals surface area contributed by atoms with E-state index in [2.05, 4.69) is 5.32 Å². The van der Waals surface area contributed by atoms with Crippen LogP contribution in [0.4, 0.5) is 5.69 Å². The topological polar surface area (TPSA) is 49.4 Å². The van der Waals surface area contributed by atoms with Crippen LogP contribution >= 0.6 is 11.6 Å². The highest BCUT2D eigenvalue weighted by Crippen LogP contribution is 2.22. The smallest absolute Gasteiger partial charge is 0.253 e. The van der Waals surface area contributed by atoms with Gasteiger partial charge in [-0.25, -0.2) is 0 Å². The van der Waals surface area contributed by atoms with Gasteiger partial charge in [0.05, 0.1) is 16.6 Å². The van der Waals surface area contributed by atoms with Crippen LogP contribution < -0.4 is 10.2 Å². The summed E-state index contributed by atoms with van der Waals surface area (Å²) in [4.78, 5) is 26.1. The van der Waals surface area contributed by atoms with E-state index in [-0.39, 0.29) is 17.9 Å². The number of anilines is 1. The van der Waals surface area contributed by atoms with Crippen LogP contribution in [0.15, 0.2) is 54.6 Å². The van der Waals surface area contributed by atoms with Crippen LogP contribution in [0.2, 0.25) is 5.02 Å². The van der Waals surface area contributed by atoms with Gasteiger partial charge in [0, 0.05) is 18.7 Å². The van der Waals surface area contributed by atoms with Crippen molar-refractivity contribution in [3.63, 3.8) is 0 Å². The van der Waals surface area contributed by atoms with Gasteiger partial charge in [-0.1, -0.05) is 41.9 Å². The van der Waals surface area contributed by atoms with Gasteiger partial charge in [0.15, 0.2) is 0 Å². The fourth-order valence-electron chi connectivity index (χ4n) is 2.57. The molecule has 1 N–H and O–H groups in total. The number of para-hydroxylation sites is 1. The molecule has 1 unspecified atom stereocenters. The summed E-state index contributed by atoms with van der Waals surface area (Å²) in [6.07, 6.45) is 0.297. The predicted octanol–water partition coefficient (Wildman–Crippen LogP) is 2.88. The van der Waals surface area contributed by atoms with Crippen molar-refractivity contribution in [2.24, 2.45) is 0 Å². The van der Waals surface area contributed by atoms with Crippen LogP contribution in [0.3, 0.4) is 0 Å². The number of amides is 2. The zero-order valence-electron chi connectivity index (χ0n) is 11.8. The van der Waals surface area contributed by atoms with Gasteiger partial charge in [0.25, 0.3) is 5.91 Å². The van der Waals surface area contributed by atoms with Gasteiger partial charge in [0.2, 0.25) is 5.91 Å². The Balaban J connectivity index is 1.69. The SMILES string of the molecule is O=C(NC1CC(=O)N(c2ccccc2)C1)c1ccccc1Cl. The van der Waals surface area contributed by atoms with E-state index < -0.39 is 0 Å². The fourth-order valence-corrected chi connectivity index (χ4v) is 2.79. The van der Waals surface area contributed by atoms with Crippen molar-refractivity contribution >= 4 is 29.1 Å². The van der Waals surface area contributed by atoms with Crippen LogP contribution in [0.1, 0.15) is 16.8 Å². The molecule has 1 aliphatic heterocycles. The van der Waals surface area contributed by atoms with Crippen molar-refractivity contribution in [2.45, 2.75) is 12.5 Å². The molecule has 1 saturated heterocycles. The summed E-state index contributed by atoms with van der Waals surface area (Å²) in [6, 6.07) is 16.1. The molecule has 0 radical (unpaired) electrons. The van der Waals surface area contributed by atoms with E-state index in [0.717, 1.165) is 5.69 Å². The molecule has 1 atom stereocenters. The van der Waals surface area contributed by atoms with E-state index in [9.17, 15) is 9.59 Å². The Bertz CT molecular complexity index is 703. The van der Waals surface area contributed by atoms with Crippen molar-refractivity contribution in [1.29, 1.82) is 0 Å². The number of carbonyl (C=O) groups is 2. The van der Waals surface area contributed by atoms with Gasteiger partial charge in [0.1, 0.15) is 0 Å². The van der Waals surface area contributed by atoms with E-state index in [4.69, 9.17) is 11.6 Å². The van der Waals surface area contributed by atoms with E-state index in [1.165, 1.54) is 0 Å². The molecule has 0 aromatic heterocycles. The lowest BCUT2D eigenvalue weighted by Crippen LogP contribution is -2.37. The molecular formula is C17H15ClN2O2. The molecular weight excluding hydrogens is 300 g/mol. The first-order valence-electron chi connectivity index (χ1n) is 7.06. The maximum Gasteiger partial charge on any atom is 0.253 e. The molecule has 0 aliphatic carbocycles. The molecule has 5 heteroatoms. The second-order valence-electron chi connectivity index (χ2n) is 5.19. The van der Waals surface area contributed by atoms with Crippen molar-refractivity contribution in [1.82, 2.24) is 5.32 Å². The highest BCUT2D eigenvalue weighted by Gasteiger charge is 2.31. The number of hydrogen-bond acceptors (Lipinski definition) is 2. The van der Waals surface area contributed by atoms with E-state index in [0.29, 0.717) is 23.6 Å². The number of nitrogens with zero attached hydrogens (tertiary/aromatic N) is 1. The molecule has 2 aromatic carbocycles. The molecule has 0 bridgehead atoms. The molecule has 22 heavy (non-hydrogen) atoms. The second-order valence-corrected chi connectivity index (χ2v) is 5.60. The van der Waals surface area contributed by atoms with Crippen LogP contribution in [-0.2, 0) is 4.79 Å².